The molecule has 0 aromatic carbocycles. The van der Waals surface area contributed by atoms with Crippen LogP contribution in [0.5, 0.6) is 0 Å². The average Bonchev–Trinajstić information content (AvgIpc) is 2.19. The molecular weight excluding hydrogens is 231 g/mol. The second-order valence-electron chi connectivity index (χ2n) is 2.70. The minimum Gasteiger partial charge on any atom is -0.434 e. The van der Waals surface area contributed by atoms with Crippen molar-refractivity contribution in [3.05, 3.63) is 0 Å². The molecule has 0 atom stereocenters. The van der Waals surface area contributed by atoms with E-state index in [1.54, 1.807) is 6.92 Å². The summed E-state index contributed by atoms with van der Waals surface area (Å²) in [6.45, 7) is 1.16. The van der Waals surface area contributed by atoms with E-state index in [1.165, 1.54) is 5.32 Å². The molecule has 5 nitrogen and oxygen atoms in total. The molecule has 0 saturated carbocycles. The van der Waals surface area contributed by atoms with Gasteiger partial charge in [0.05, 0.1) is 13.2 Å². The number of carbonyl (C=O) groups is 2. The first-order valence-electron chi connectivity index (χ1n) is 4.52. The zero-order valence-corrected chi connectivity index (χ0v) is 8.60. The first-order chi connectivity index (χ1) is 7.38. The van der Waals surface area contributed by atoms with Crippen LogP contribution in [0.1, 0.15) is 13.3 Å². The lowest BCUT2D eigenvalue weighted by molar-refractivity contribution is -0.173. The van der Waals surface area contributed by atoms with Gasteiger partial charge < -0.3 is 14.8 Å². The van der Waals surface area contributed by atoms with Crippen LogP contribution in [0.25, 0.3) is 0 Å². The third-order valence-corrected chi connectivity index (χ3v) is 1.29. The number of halogens is 3. The summed E-state index contributed by atoms with van der Waals surface area (Å²) in [7, 11) is 0. The number of amides is 1. The summed E-state index contributed by atoms with van der Waals surface area (Å²) < 4.78 is 43.8. The van der Waals surface area contributed by atoms with Gasteiger partial charge in [0.25, 0.3) is 0 Å². The van der Waals surface area contributed by atoms with Crippen molar-refractivity contribution in [2.45, 2.75) is 19.5 Å². The highest BCUT2D eigenvalue weighted by Gasteiger charge is 2.38. The van der Waals surface area contributed by atoms with Gasteiger partial charge in [-0.15, -0.1) is 0 Å². The lowest BCUT2D eigenvalue weighted by atomic mass is 10.5. The van der Waals surface area contributed by atoms with Crippen LogP contribution in [-0.4, -0.2) is 38.0 Å². The van der Waals surface area contributed by atoms with Crippen molar-refractivity contribution in [2.75, 3.05) is 19.8 Å². The molecule has 0 spiro atoms. The van der Waals surface area contributed by atoms with Crippen molar-refractivity contribution in [3.63, 3.8) is 0 Å². The molecule has 0 unspecified atom stereocenters. The van der Waals surface area contributed by atoms with E-state index in [4.69, 9.17) is 0 Å². The van der Waals surface area contributed by atoms with E-state index >= 15 is 0 Å². The number of hydrogen-bond donors (Lipinski definition) is 1. The minimum absolute atomic E-state index is 0.174. The molecule has 0 aliphatic carbocycles. The quantitative estimate of drug-likeness (QED) is 0.582. The molecule has 1 N–H and O–H groups in total. The Morgan fingerprint density at radius 3 is 2.25 bits per heavy atom. The molecule has 0 heterocycles. The van der Waals surface area contributed by atoms with Crippen molar-refractivity contribution in [1.82, 2.24) is 5.32 Å². The number of carbonyl (C=O) groups excluding carboxylic acids is 2. The summed E-state index contributed by atoms with van der Waals surface area (Å²) in [4.78, 5) is 20.9. The highest BCUT2D eigenvalue weighted by molar-refractivity contribution is 5.81. The number of ether oxygens (including phenoxy) is 2. The average molecular weight is 243 g/mol. The van der Waals surface area contributed by atoms with E-state index in [0.29, 0.717) is 6.42 Å². The summed E-state index contributed by atoms with van der Waals surface area (Å²) >= 11 is 0. The normalized spacial score (nSPS) is 10.8. The molecule has 0 aromatic heterocycles. The van der Waals surface area contributed by atoms with Gasteiger partial charge >= 0.3 is 18.2 Å². The Kier molecular flexibility index (Phi) is 6.28. The largest absolute Gasteiger partial charge is 0.508 e. The summed E-state index contributed by atoms with van der Waals surface area (Å²) in [6.07, 6.45) is -5.29. The van der Waals surface area contributed by atoms with E-state index in [1.807, 2.05) is 0 Å². The third kappa shape index (κ3) is 6.91. The number of hydrogen-bond acceptors (Lipinski definition) is 4. The maximum absolute atomic E-state index is 11.7. The molecule has 8 heteroatoms. The Balaban J connectivity index is 3.54. The van der Waals surface area contributed by atoms with Crippen molar-refractivity contribution in [2.24, 2.45) is 0 Å². The van der Waals surface area contributed by atoms with Gasteiger partial charge in [0, 0.05) is 0 Å². The van der Waals surface area contributed by atoms with E-state index in [0.717, 1.165) is 0 Å². The van der Waals surface area contributed by atoms with Crippen molar-refractivity contribution >= 4 is 12.1 Å². The fourth-order valence-electron chi connectivity index (χ4n) is 0.626. The number of alkyl halides is 3. The second-order valence-corrected chi connectivity index (χ2v) is 2.70. The first kappa shape index (κ1) is 14.5. The monoisotopic (exact) mass is 243 g/mol. The molecule has 0 aliphatic rings. The Hall–Kier alpha value is -1.47. The van der Waals surface area contributed by atoms with Crippen molar-refractivity contribution in [1.29, 1.82) is 0 Å². The van der Waals surface area contributed by atoms with Gasteiger partial charge in [-0.05, 0) is 6.42 Å². The van der Waals surface area contributed by atoms with Crippen molar-refractivity contribution in [3.8, 4) is 0 Å². The predicted molar refractivity (Wildman–Crippen MR) is 46.7 cm³/mol. The maximum atomic E-state index is 11.7. The summed E-state index contributed by atoms with van der Waals surface area (Å²) in [5, 5.41) is 1.54. The third-order valence-electron chi connectivity index (χ3n) is 1.29. The zero-order valence-electron chi connectivity index (χ0n) is 8.60. The summed E-state index contributed by atoms with van der Waals surface area (Å²) in [5.41, 5.74) is 0. The molecule has 0 radical (unpaired) electrons. The molecule has 0 aromatic rings. The van der Waals surface area contributed by atoms with Gasteiger partial charge in [0.1, 0.15) is 6.61 Å². The smallest absolute Gasteiger partial charge is 0.434 e. The van der Waals surface area contributed by atoms with Gasteiger partial charge in [0.15, 0.2) is 0 Å². The Morgan fingerprint density at radius 1 is 1.19 bits per heavy atom. The number of nitrogens with one attached hydrogen (secondary N) is 1. The molecule has 94 valence electrons. The molecule has 0 aliphatic heterocycles. The van der Waals surface area contributed by atoms with Crippen LogP contribution in [0.3, 0.4) is 0 Å². The van der Waals surface area contributed by atoms with Gasteiger partial charge in [-0.25, -0.2) is 4.79 Å². The van der Waals surface area contributed by atoms with E-state index < -0.39 is 24.8 Å². The van der Waals surface area contributed by atoms with Gasteiger partial charge in [0.2, 0.25) is 0 Å². The molecule has 0 bridgehead atoms. The lowest BCUT2D eigenvalue weighted by Gasteiger charge is -2.08. The maximum Gasteiger partial charge on any atom is 0.508 e. The van der Waals surface area contributed by atoms with Crippen LogP contribution < -0.4 is 5.32 Å². The van der Waals surface area contributed by atoms with Crippen LogP contribution in [-0.2, 0) is 14.3 Å². The SMILES string of the molecule is CCCOC(=O)OCCNC(=O)C(F)(F)F. The topological polar surface area (TPSA) is 64.6 Å². The van der Waals surface area contributed by atoms with Crippen LogP contribution in [0.4, 0.5) is 18.0 Å². The standard InChI is InChI=1S/C8H12F3NO4/c1-2-4-15-7(14)16-5-3-12-6(13)8(9,10)11/h2-5H2,1H3,(H,12,13). The second kappa shape index (κ2) is 6.91. The predicted octanol–water partition coefficient (Wildman–Crippen LogP) is 1.23. The van der Waals surface area contributed by atoms with Crippen LogP contribution in [0.15, 0.2) is 0 Å². The van der Waals surface area contributed by atoms with Crippen LogP contribution in [0.2, 0.25) is 0 Å². The molecule has 16 heavy (non-hydrogen) atoms. The van der Waals surface area contributed by atoms with Crippen LogP contribution >= 0.6 is 0 Å². The molecule has 0 saturated heterocycles. The first-order valence-corrected chi connectivity index (χ1v) is 4.52. The molecular formula is C8H12F3NO4. The molecule has 1 amide bonds. The fraction of sp³-hybridized carbons (Fsp3) is 0.750. The van der Waals surface area contributed by atoms with E-state index in [2.05, 4.69) is 9.47 Å². The Bertz CT molecular complexity index is 242. The fourth-order valence-corrected chi connectivity index (χ4v) is 0.626. The molecule has 0 rings (SSSR count). The zero-order chi connectivity index (χ0) is 12.6. The summed E-state index contributed by atoms with van der Waals surface area (Å²) in [5.74, 6) is -2.07. The Labute approximate surface area is 89.9 Å². The highest BCUT2D eigenvalue weighted by atomic mass is 19.4. The lowest BCUT2D eigenvalue weighted by Crippen LogP contribution is -2.38. The van der Waals surface area contributed by atoms with Gasteiger partial charge in [-0.2, -0.15) is 13.2 Å². The summed E-state index contributed by atoms with van der Waals surface area (Å²) in [6, 6.07) is 0. The number of rotatable bonds is 5. The van der Waals surface area contributed by atoms with E-state index in [-0.39, 0.29) is 13.2 Å². The minimum atomic E-state index is -4.93. The van der Waals surface area contributed by atoms with Gasteiger partial charge in [-0.3, -0.25) is 4.79 Å². The van der Waals surface area contributed by atoms with E-state index in [9.17, 15) is 22.8 Å². The van der Waals surface area contributed by atoms with Crippen molar-refractivity contribution < 1.29 is 32.2 Å². The van der Waals surface area contributed by atoms with Gasteiger partial charge in [-0.1, -0.05) is 6.92 Å². The van der Waals surface area contributed by atoms with Crippen LogP contribution in [0, 0.1) is 0 Å². The Morgan fingerprint density at radius 2 is 1.75 bits per heavy atom. The highest BCUT2D eigenvalue weighted by Crippen LogP contribution is 2.13. The molecule has 0 fully saturated rings.